The fourth-order valence-electron chi connectivity index (χ4n) is 4.55. The Labute approximate surface area is 187 Å². The molecule has 0 amide bonds. The number of para-hydroxylation sites is 1. The molecule has 0 unspecified atom stereocenters. The van der Waals surface area contributed by atoms with E-state index in [1.165, 1.54) is 22.4 Å². The van der Waals surface area contributed by atoms with Crippen LogP contribution in [0.25, 0.3) is 6.08 Å². The maximum absolute atomic E-state index is 6.17. The first-order chi connectivity index (χ1) is 14.7. The lowest BCUT2D eigenvalue weighted by Crippen LogP contribution is -2.28. The number of anilines is 1. The van der Waals surface area contributed by atoms with Crippen LogP contribution in [-0.2, 0) is 0 Å². The summed E-state index contributed by atoms with van der Waals surface area (Å²) < 4.78 is 0. The lowest BCUT2D eigenvalue weighted by atomic mass is 9.77. The molecule has 4 heteroatoms. The Bertz CT molecular complexity index is 1090. The van der Waals surface area contributed by atoms with Crippen LogP contribution in [-0.4, -0.2) is 5.71 Å². The first-order valence-electron chi connectivity index (χ1n) is 10.3. The van der Waals surface area contributed by atoms with Gasteiger partial charge in [0.05, 0.1) is 17.4 Å². The first-order valence-corrected chi connectivity index (χ1v) is 11.1. The number of halogens is 2. The highest BCUT2D eigenvalue weighted by molar-refractivity contribution is 6.30. The minimum atomic E-state index is 0.175. The van der Waals surface area contributed by atoms with Gasteiger partial charge in [-0.05, 0) is 78.4 Å². The summed E-state index contributed by atoms with van der Waals surface area (Å²) in [5, 5.41) is 8.90. The SMILES string of the molecule is Clc1ccc(/C=C2\CCC[C@@H]3C2=NN(c2ccccc2)[C@H]3c2ccc(Cl)cc2)cc1. The summed E-state index contributed by atoms with van der Waals surface area (Å²) in [5.41, 5.74) is 6.06. The van der Waals surface area contributed by atoms with Crippen LogP contribution in [0.15, 0.2) is 89.5 Å². The van der Waals surface area contributed by atoms with Crippen molar-refractivity contribution in [2.45, 2.75) is 25.3 Å². The summed E-state index contributed by atoms with van der Waals surface area (Å²) >= 11 is 12.2. The second-order valence-corrected chi connectivity index (χ2v) is 8.75. The van der Waals surface area contributed by atoms with E-state index in [-0.39, 0.29) is 6.04 Å². The molecular weight excluding hydrogens is 411 g/mol. The molecule has 0 spiro atoms. The molecule has 0 aromatic heterocycles. The van der Waals surface area contributed by atoms with Crippen LogP contribution in [0, 0.1) is 5.92 Å². The molecule has 5 rings (SSSR count). The first kappa shape index (κ1) is 19.4. The number of hydrogen-bond acceptors (Lipinski definition) is 2. The van der Waals surface area contributed by atoms with Crippen LogP contribution in [0.4, 0.5) is 5.69 Å². The highest BCUT2D eigenvalue weighted by Crippen LogP contribution is 2.46. The normalized spacial score (nSPS) is 22.1. The van der Waals surface area contributed by atoms with E-state index in [0.29, 0.717) is 5.92 Å². The molecule has 1 fully saturated rings. The van der Waals surface area contributed by atoms with Crippen LogP contribution in [0.5, 0.6) is 0 Å². The van der Waals surface area contributed by atoms with Crippen molar-refractivity contribution in [3.8, 4) is 0 Å². The lowest BCUT2D eigenvalue weighted by Gasteiger charge is -2.30. The van der Waals surface area contributed by atoms with Gasteiger partial charge in [0.25, 0.3) is 0 Å². The molecule has 150 valence electrons. The molecule has 0 radical (unpaired) electrons. The van der Waals surface area contributed by atoms with E-state index in [0.717, 1.165) is 35.0 Å². The number of nitrogens with zero attached hydrogens (tertiary/aromatic N) is 2. The lowest BCUT2D eigenvalue weighted by molar-refractivity contribution is 0.488. The Morgan fingerprint density at radius 2 is 1.50 bits per heavy atom. The Hall–Kier alpha value is -2.55. The molecule has 1 saturated carbocycles. The molecule has 1 aliphatic heterocycles. The maximum Gasteiger partial charge on any atom is 0.0859 e. The van der Waals surface area contributed by atoms with Gasteiger partial charge in [-0.1, -0.05) is 65.7 Å². The van der Waals surface area contributed by atoms with Gasteiger partial charge < -0.3 is 0 Å². The van der Waals surface area contributed by atoms with Gasteiger partial charge in [0, 0.05) is 16.0 Å². The standard InChI is InChI=1S/C26H22Cl2N2/c27-21-13-9-18(10-14-21)17-20-5-4-8-24-25(20)29-30(23-6-2-1-3-7-23)26(24)19-11-15-22(28)16-12-19/h1-3,6-7,9-17,24,26H,4-5,8H2/b20-17+/t24-,26+/m1/s1. The van der Waals surface area contributed by atoms with Crippen LogP contribution < -0.4 is 5.01 Å². The largest absolute Gasteiger partial charge is 0.257 e. The van der Waals surface area contributed by atoms with Gasteiger partial charge in [-0.25, -0.2) is 0 Å². The van der Waals surface area contributed by atoms with E-state index in [1.54, 1.807) is 0 Å². The van der Waals surface area contributed by atoms with E-state index >= 15 is 0 Å². The van der Waals surface area contributed by atoms with Crippen molar-refractivity contribution in [1.29, 1.82) is 0 Å². The minimum Gasteiger partial charge on any atom is -0.257 e. The van der Waals surface area contributed by atoms with E-state index in [4.69, 9.17) is 28.3 Å². The Morgan fingerprint density at radius 1 is 0.833 bits per heavy atom. The topological polar surface area (TPSA) is 15.6 Å². The molecule has 3 aromatic rings. The summed E-state index contributed by atoms with van der Waals surface area (Å²) in [6.45, 7) is 0. The number of allylic oxidation sites excluding steroid dienone is 1. The third kappa shape index (κ3) is 3.78. The zero-order chi connectivity index (χ0) is 20.5. The second-order valence-electron chi connectivity index (χ2n) is 7.88. The minimum absolute atomic E-state index is 0.175. The molecule has 2 aliphatic rings. The van der Waals surface area contributed by atoms with Crippen LogP contribution in [0.1, 0.15) is 36.4 Å². The van der Waals surface area contributed by atoms with Crippen molar-refractivity contribution in [3.05, 3.63) is 106 Å². The molecule has 2 nitrogen and oxygen atoms in total. The predicted octanol–water partition coefficient (Wildman–Crippen LogP) is 7.79. The summed E-state index contributed by atoms with van der Waals surface area (Å²) in [7, 11) is 0. The molecule has 3 aromatic carbocycles. The highest BCUT2D eigenvalue weighted by atomic mass is 35.5. The highest BCUT2D eigenvalue weighted by Gasteiger charge is 2.41. The van der Waals surface area contributed by atoms with Crippen molar-refractivity contribution in [3.63, 3.8) is 0 Å². The number of fused-ring (bicyclic) bond motifs is 1. The van der Waals surface area contributed by atoms with Gasteiger partial charge in [0.1, 0.15) is 0 Å². The quantitative estimate of drug-likeness (QED) is 0.412. The van der Waals surface area contributed by atoms with Crippen molar-refractivity contribution >= 4 is 40.7 Å². The number of benzene rings is 3. The Kier molecular flexibility index (Phi) is 5.37. The molecular formula is C26H22Cl2N2. The maximum atomic E-state index is 6.17. The summed E-state index contributed by atoms with van der Waals surface area (Å²) in [4.78, 5) is 0. The molecule has 2 atom stereocenters. The third-order valence-electron chi connectivity index (χ3n) is 5.94. The van der Waals surface area contributed by atoms with Gasteiger partial charge in [-0.3, -0.25) is 5.01 Å². The summed E-state index contributed by atoms with van der Waals surface area (Å²) in [5.74, 6) is 0.360. The second kappa shape index (κ2) is 8.29. The number of hydrogen-bond donors (Lipinski definition) is 0. The van der Waals surface area contributed by atoms with E-state index < -0.39 is 0 Å². The summed E-state index contributed by atoms with van der Waals surface area (Å²) in [6.07, 6.45) is 5.62. The van der Waals surface area contributed by atoms with E-state index in [1.807, 2.05) is 30.3 Å². The molecule has 1 heterocycles. The monoisotopic (exact) mass is 432 g/mol. The van der Waals surface area contributed by atoms with Gasteiger partial charge in [0.15, 0.2) is 0 Å². The van der Waals surface area contributed by atoms with Crippen molar-refractivity contribution in [2.75, 3.05) is 5.01 Å². The average molecular weight is 433 g/mol. The van der Waals surface area contributed by atoms with Gasteiger partial charge >= 0.3 is 0 Å². The molecule has 0 saturated heterocycles. The van der Waals surface area contributed by atoms with Gasteiger partial charge in [-0.2, -0.15) is 5.10 Å². The number of rotatable bonds is 3. The van der Waals surface area contributed by atoms with Crippen LogP contribution >= 0.6 is 23.2 Å². The Balaban J connectivity index is 1.58. The van der Waals surface area contributed by atoms with Crippen LogP contribution in [0.2, 0.25) is 10.0 Å². The van der Waals surface area contributed by atoms with Crippen molar-refractivity contribution in [2.24, 2.45) is 11.0 Å². The van der Waals surface area contributed by atoms with Crippen LogP contribution in [0.3, 0.4) is 0 Å². The zero-order valence-electron chi connectivity index (χ0n) is 16.5. The summed E-state index contributed by atoms with van der Waals surface area (Å²) in [6, 6.07) is 26.9. The van der Waals surface area contributed by atoms with Gasteiger partial charge in [-0.15, -0.1) is 0 Å². The van der Waals surface area contributed by atoms with E-state index in [2.05, 4.69) is 59.6 Å². The number of hydrazone groups is 1. The third-order valence-corrected chi connectivity index (χ3v) is 6.45. The van der Waals surface area contributed by atoms with E-state index in [9.17, 15) is 0 Å². The van der Waals surface area contributed by atoms with Crippen molar-refractivity contribution in [1.82, 2.24) is 0 Å². The Morgan fingerprint density at radius 3 is 2.20 bits per heavy atom. The van der Waals surface area contributed by atoms with Gasteiger partial charge in [0.2, 0.25) is 0 Å². The molecule has 0 N–H and O–H groups in total. The fourth-order valence-corrected chi connectivity index (χ4v) is 4.80. The van der Waals surface area contributed by atoms with Crippen molar-refractivity contribution < 1.29 is 0 Å². The predicted molar refractivity (Wildman–Crippen MR) is 127 cm³/mol. The average Bonchev–Trinajstić information content (AvgIpc) is 3.17. The zero-order valence-corrected chi connectivity index (χ0v) is 18.0. The molecule has 30 heavy (non-hydrogen) atoms. The molecule has 0 bridgehead atoms. The fraction of sp³-hybridized carbons (Fsp3) is 0.192. The smallest absolute Gasteiger partial charge is 0.0859 e. The molecule has 1 aliphatic carbocycles.